The van der Waals surface area contributed by atoms with Crippen LogP contribution < -0.4 is 5.56 Å². The van der Waals surface area contributed by atoms with Gasteiger partial charge in [0, 0.05) is 18.0 Å². The van der Waals surface area contributed by atoms with E-state index in [1.54, 1.807) is 30.1 Å². The number of thioether (sulfide) groups is 1. The highest BCUT2D eigenvalue weighted by Crippen LogP contribution is 2.32. The molecule has 1 aliphatic rings. The molecule has 0 saturated heterocycles. The van der Waals surface area contributed by atoms with Gasteiger partial charge in [-0.15, -0.1) is 0 Å². The van der Waals surface area contributed by atoms with E-state index >= 15 is 0 Å². The van der Waals surface area contributed by atoms with Gasteiger partial charge >= 0.3 is 0 Å². The summed E-state index contributed by atoms with van der Waals surface area (Å²) in [5.41, 5.74) is 0.605. The summed E-state index contributed by atoms with van der Waals surface area (Å²) in [5.74, 6) is 0.940. The first-order chi connectivity index (χ1) is 7.81. The maximum absolute atomic E-state index is 12.3. The number of aromatic nitrogens is 3. The standard InChI is InChI=1S/C11H11N3OS/c1-2-7-6-16-11-13-9-8(4-3-5-12-9)10(15)14(7)11/h3-5,7H,2,6H2,1H3/t7-/m0/s1. The van der Waals surface area contributed by atoms with E-state index in [1.807, 2.05) is 4.57 Å². The highest BCUT2D eigenvalue weighted by Gasteiger charge is 2.25. The van der Waals surface area contributed by atoms with Crippen LogP contribution in [0.2, 0.25) is 0 Å². The summed E-state index contributed by atoms with van der Waals surface area (Å²) in [6, 6.07) is 3.85. The Bertz CT molecular complexity index is 608. The monoisotopic (exact) mass is 233 g/mol. The second kappa shape index (κ2) is 3.59. The fraction of sp³-hybridized carbons (Fsp3) is 0.364. The minimum Gasteiger partial charge on any atom is -0.283 e. The summed E-state index contributed by atoms with van der Waals surface area (Å²) >= 11 is 1.64. The van der Waals surface area contributed by atoms with Crippen LogP contribution >= 0.6 is 11.8 Å². The van der Waals surface area contributed by atoms with Gasteiger partial charge in [0.2, 0.25) is 0 Å². The van der Waals surface area contributed by atoms with Gasteiger partial charge in [-0.05, 0) is 18.6 Å². The molecule has 1 atom stereocenters. The van der Waals surface area contributed by atoms with E-state index in [4.69, 9.17) is 0 Å². The number of rotatable bonds is 1. The van der Waals surface area contributed by atoms with E-state index < -0.39 is 0 Å². The van der Waals surface area contributed by atoms with Crippen molar-refractivity contribution in [2.24, 2.45) is 0 Å². The summed E-state index contributed by atoms with van der Waals surface area (Å²) in [6.07, 6.45) is 2.64. The molecule has 3 rings (SSSR count). The molecule has 0 aliphatic carbocycles. The van der Waals surface area contributed by atoms with Gasteiger partial charge < -0.3 is 0 Å². The third kappa shape index (κ3) is 1.28. The predicted molar refractivity (Wildman–Crippen MR) is 63.9 cm³/mol. The Kier molecular flexibility index (Phi) is 2.21. The molecule has 0 radical (unpaired) electrons. The molecule has 0 fully saturated rings. The normalized spacial score (nSPS) is 18.9. The molecule has 4 nitrogen and oxygen atoms in total. The van der Waals surface area contributed by atoms with Gasteiger partial charge in [-0.1, -0.05) is 18.7 Å². The van der Waals surface area contributed by atoms with Crippen LogP contribution in [-0.4, -0.2) is 20.3 Å². The van der Waals surface area contributed by atoms with Gasteiger partial charge in [-0.2, -0.15) is 0 Å². The molecular weight excluding hydrogens is 222 g/mol. The van der Waals surface area contributed by atoms with Gasteiger partial charge in [-0.3, -0.25) is 9.36 Å². The Hall–Kier alpha value is -1.36. The first kappa shape index (κ1) is 9.84. The molecule has 1 aliphatic heterocycles. The molecule has 0 aromatic carbocycles. The van der Waals surface area contributed by atoms with Gasteiger partial charge in [0.25, 0.3) is 5.56 Å². The summed E-state index contributed by atoms with van der Waals surface area (Å²) in [6.45, 7) is 2.10. The smallest absolute Gasteiger partial charge is 0.263 e. The number of fused-ring (bicyclic) bond motifs is 2. The number of pyridine rings is 1. The SMILES string of the molecule is CC[C@H]1CSc2nc3ncccc3c(=O)n21. The van der Waals surface area contributed by atoms with Crippen molar-refractivity contribution < 1.29 is 0 Å². The molecule has 2 aromatic rings. The second-order valence-electron chi connectivity index (χ2n) is 3.82. The summed E-state index contributed by atoms with van der Waals surface area (Å²) in [4.78, 5) is 20.8. The topological polar surface area (TPSA) is 47.8 Å². The molecule has 0 bridgehead atoms. The third-order valence-electron chi connectivity index (χ3n) is 2.88. The molecule has 0 unspecified atom stereocenters. The molecule has 82 valence electrons. The van der Waals surface area contributed by atoms with Crippen LogP contribution in [0.25, 0.3) is 11.0 Å². The maximum atomic E-state index is 12.3. The summed E-state index contributed by atoms with van der Waals surface area (Å²) < 4.78 is 1.81. The van der Waals surface area contributed by atoms with Crippen molar-refractivity contribution in [2.75, 3.05) is 5.75 Å². The Morgan fingerprint density at radius 1 is 1.62 bits per heavy atom. The average molecular weight is 233 g/mol. The number of hydrogen-bond donors (Lipinski definition) is 0. The van der Waals surface area contributed by atoms with Crippen LogP contribution in [-0.2, 0) is 0 Å². The van der Waals surface area contributed by atoms with Gasteiger partial charge in [-0.25, -0.2) is 9.97 Å². The van der Waals surface area contributed by atoms with Crippen molar-refractivity contribution in [3.8, 4) is 0 Å². The highest BCUT2D eigenvalue weighted by molar-refractivity contribution is 7.99. The first-order valence-corrected chi connectivity index (χ1v) is 6.30. The molecule has 0 N–H and O–H groups in total. The molecule has 2 aromatic heterocycles. The van der Waals surface area contributed by atoms with Crippen LogP contribution in [0.15, 0.2) is 28.3 Å². The van der Waals surface area contributed by atoms with E-state index in [0.717, 1.165) is 17.3 Å². The van der Waals surface area contributed by atoms with Crippen LogP contribution in [0.1, 0.15) is 19.4 Å². The minimum absolute atomic E-state index is 0.0463. The molecule has 16 heavy (non-hydrogen) atoms. The molecule has 0 amide bonds. The zero-order valence-electron chi connectivity index (χ0n) is 8.88. The lowest BCUT2D eigenvalue weighted by molar-refractivity contribution is 0.496. The van der Waals surface area contributed by atoms with Crippen molar-refractivity contribution in [3.63, 3.8) is 0 Å². The van der Waals surface area contributed by atoms with Gasteiger partial charge in [0.15, 0.2) is 10.8 Å². The van der Waals surface area contributed by atoms with Crippen molar-refractivity contribution in [2.45, 2.75) is 24.5 Å². The largest absolute Gasteiger partial charge is 0.283 e. The second-order valence-corrected chi connectivity index (χ2v) is 4.80. The number of hydrogen-bond acceptors (Lipinski definition) is 4. The van der Waals surface area contributed by atoms with E-state index in [1.165, 1.54) is 0 Å². The zero-order valence-corrected chi connectivity index (χ0v) is 9.70. The lowest BCUT2D eigenvalue weighted by Crippen LogP contribution is -2.24. The van der Waals surface area contributed by atoms with Crippen LogP contribution in [0, 0.1) is 0 Å². The Morgan fingerprint density at radius 2 is 2.50 bits per heavy atom. The first-order valence-electron chi connectivity index (χ1n) is 5.31. The van der Waals surface area contributed by atoms with Gasteiger partial charge in [0.05, 0.1) is 5.39 Å². The Balaban J connectivity index is 2.37. The average Bonchev–Trinajstić information content (AvgIpc) is 2.72. The third-order valence-corrected chi connectivity index (χ3v) is 3.98. The van der Waals surface area contributed by atoms with E-state index in [9.17, 15) is 4.79 Å². The van der Waals surface area contributed by atoms with Crippen molar-refractivity contribution in [1.82, 2.24) is 14.5 Å². The number of nitrogens with zero attached hydrogens (tertiary/aromatic N) is 3. The quantitative estimate of drug-likeness (QED) is 0.705. The summed E-state index contributed by atoms with van der Waals surface area (Å²) in [5, 5.41) is 1.43. The zero-order chi connectivity index (χ0) is 11.1. The van der Waals surface area contributed by atoms with Crippen molar-refractivity contribution in [3.05, 3.63) is 28.7 Å². The molecule has 3 heterocycles. The predicted octanol–water partition coefficient (Wildman–Crippen LogP) is 1.85. The maximum Gasteiger partial charge on any atom is 0.263 e. The van der Waals surface area contributed by atoms with E-state index in [-0.39, 0.29) is 11.6 Å². The van der Waals surface area contributed by atoms with Crippen LogP contribution in [0.3, 0.4) is 0 Å². The fourth-order valence-corrected chi connectivity index (χ4v) is 3.23. The van der Waals surface area contributed by atoms with Crippen molar-refractivity contribution in [1.29, 1.82) is 0 Å². The Morgan fingerprint density at radius 3 is 3.31 bits per heavy atom. The Labute approximate surface area is 96.7 Å². The van der Waals surface area contributed by atoms with Gasteiger partial charge in [0.1, 0.15) is 0 Å². The van der Waals surface area contributed by atoms with E-state index in [0.29, 0.717) is 11.0 Å². The fourth-order valence-electron chi connectivity index (χ4n) is 1.98. The lowest BCUT2D eigenvalue weighted by Gasteiger charge is -2.10. The van der Waals surface area contributed by atoms with Crippen LogP contribution in [0.4, 0.5) is 0 Å². The molecule has 5 heteroatoms. The lowest BCUT2D eigenvalue weighted by atomic mass is 10.2. The molecule has 0 saturated carbocycles. The van der Waals surface area contributed by atoms with Crippen LogP contribution in [0.5, 0.6) is 0 Å². The minimum atomic E-state index is 0.0463. The molecule has 0 spiro atoms. The van der Waals surface area contributed by atoms with Crippen molar-refractivity contribution >= 4 is 22.8 Å². The molecular formula is C11H11N3OS. The highest BCUT2D eigenvalue weighted by atomic mass is 32.2. The van der Waals surface area contributed by atoms with E-state index in [2.05, 4.69) is 16.9 Å². The summed E-state index contributed by atoms with van der Waals surface area (Å²) in [7, 11) is 0.